The lowest BCUT2D eigenvalue weighted by molar-refractivity contribution is 0.0429. The quantitative estimate of drug-likeness (QED) is 0.423. The summed E-state index contributed by atoms with van der Waals surface area (Å²) < 4.78 is 12.0. The van der Waals surface area contributed by atoms with Gasteiger partial charge in [-0.1, -0.05) is 6.07 Å². The number of anilines is 1. The van der Waals surface area contributed by atoms with Gasteiger partial charge >= 0.3 is 18.3 Å². The normalized spacial score (nSPS) is 11.9. The molecule has 0 aliphatic rings. The number of hydrogen-bond donors (Lipinski definition) is 1. The van der Waals surface area contributed by atoms with Crippen molar-refractivity contribution in [1.29, 1.82) is 0 Å². The molecule has 35 heavy (non-hydrogen) atoms. The minimum atomic E-state index is -1.33. The summed E-state index contributed by atoms with van der Waals surface area (Å²) in [5, 5.41) is 9.99. The van der Waals surface area contributed by atoms with E-state index in [4.69, 9.17) is 9.47 Å². The molecule has 3 aromatic rings. The van der Waals surface area contributed by atoms with Crippen molar-refractivity contribution in [2.24, 2.45) is 0 Å². The monoisotopic (exact) mass is 547 g/mol. The van der Waals surface area contributed by atoms with E-state index in [1.807, 2.05) is 6.92 Å². The highest BCUT2D eigenvalue weighted by Crippen LogP contribution is 2.33. The predicted molar refractivity (Wildman–Crippen MR) is 132 cm³/mol. The number of fused-ring (bicyclic) bond motifs is 1. The third kappa shape index (κ3) is 5.94. The van der Waals surface area contributed by atoms with Gasteiger partial charge in [0.05, 0.1) is 17.2 Å². The summed E-state index contributed by atoms with van der Waals surface area (Å²) in [4.78, 5) is 52.2. The first-order chi connectivity index (χ1) is 16.1. The molecule has 0 aliphatic carbocycles. The van der Waals surface area contributed by atoms with Crippen molar-refractivity contribution in [2.45, 2.75) is 59.7 Å². The molecule has 1 aromatic carbocycles. The minimum absolute atomic E-state index is 0.140. The number of benzene rings is 1. The molecule has 0 spiro atoms. The molecule has 186 valence electrons. The van der Waals surface area contributed by atoms with Crippen molar-refractivity contribution in [2.75, 3.05) is 4.90 Å². The van der Waals surface area contributed by atoms with E-state index in [9.17, 15) is 19.5 Å². The number of aromatic nitrogens is 4. The number of nitrogens with zero attached hydrogens (tertiary/aromatic N) is 5. The van der Waals surface area contributed by atoms with Crippen LogP contribution in [0.1, 0.15) is 47.1 Å². The molecule has 0 unspecified atom stereocenters. The van der Waals surface area contributed by atoms with Crippen LogP contribution in [0.4, 0.5) is 20.2 Å². The number of aryl methyl sites for hydroxylation is 1. The topological polar surface area (TPSA) is 137 Å². The van der Waals surface area contributed by atoms with Crippen LogP contribution in [0, 0.1) is 6.92 Å². The standard InChI is InChI=1S/C23H26BrN5O6/c1-12-8-9-13-14(10-12)28(19(30)31)18(26-13)16-17(25-11-15(24)27-16)29(20(32)34-22(2,3)4)21(33)35-23(5,6)7/h8-11H,1-7H3,(H,30,31). The summed E-state index contributed by atoms with van der Waals surface area (Å²) in [6.07, 6.45) is -2.21. The van der Waals surface area contributed by atoms with Crippen LogP contribution in [0.25, 0.3) is 22.6 Å². The van der Waals surface area contributed by atoms with Gasteiger partial charge in [0.15, 0.2) is 17.3 Å². The zero-order valence-corrected chi connectivity index (χ0v) is 22.0. The summed E-state index contributed by atoms with van der Waals surface area (Å²) in [5.41, 5.74) is -0.551. The van der Waals surface area contributed by atoms with Gasteiger partial charge in [-0.2, -0.15) is 4.90 Å². The lowest BCUT2D eigenvalue weighted by Gasteiger charge is -2.28. The molecule has 0 aliphatic heterocycles. The maximum atomic E-state index is 13.2. The maximum absolute atomic E-state index is 13.2. The van der Waals surface area contributed by atoms with Crippen LogP contribution in [0.5, 0.6) is 0 Å². The predicted octanol–water partition coefficient (Wildman–Crippen LogP) is 5.77. The Balaban J connectivity index is 2.31. The van der Waals surface area contributed by atoms with E-state index < -0.39 is 29.5 Å². The number of imidazole rings is 1. The van der Waals surface area contributed by atoms with Crippen molar-refractivity contribution in [3.05, 3.63) is 34.6 Å². The molecule has 0 radical (unpaired) electrons. The van der Waals surface area contributed by atoms with Crippen molar-refractivity contribution in [3.8, 4) is 11.5 Å². The van der Waals surface area contributed by atoms with Crippen LogP contribution < -0.4 is 4.90 Å². The third-order valence-electron chi connectivity index (χ3n) is 4.30. The Labute approximate surface area is 210 Å². The van der Waals surface area contributed by atoms with E-state index in [-0.39, 0.29) is 21.9 Å². The van der Waals surface area contributed by atoms with Crippen molar-refractivity contribution in [3.63, 3.8) is 0 Å². The fraction of sp³-hybridized carbons (Fsp3) is 0.391. The highest BCUT2D eigenvalue weighted by molar-refractivity contribution is 9.10. The first-order valence-electron chi connectivity index (χ1n) is 10.6. The molecule has 0 saturated heterocycles. The molecule has 0 fully saturated rings. The van der Waals surface area contributed by atoms with Gasteiger partial charge in [0.1, 0.15) is 15.8 Å². The largest absolute Gasteiger partial charge is 0.464 e. The zero-order chi connectivity index (χ0) is 26.3. The molecule has 0 bridgehead atoms. The summed E-state index contributed by atoms with van der Waals surface area (Å²) in [7, 11) is 0. The average molecular weight is 548 g/mol. The Hall–Kier alpha value is -3.54. The number of carbonyl (C=O) groups is 3. The van der Waals surface area contributed by atoms with Crippen molar-refractivity contribution >= 4 is 51.1 Å². The van der Waals surface area contributed by atoms with Crippen LogP contribution in [0.3, 0.4) is 0 Å². The number of carbonyl (C=O) groups excluding carboxylic acids is 2. The number of imide groups is 1. The average Bonchev–Trinajstić information content (AvgIpc) is 3.05. The lowest BCUT2D eigenvalue weighted by atomic mass is 10.2. The molecule has 3 rings (SSSR count). The second kappa shape index (κ2) is 9.25. The zero-order valence-electron chi connectivity index (χ0n) is 20.4. The molecule has 11 nitrogen and oxygen atoms in total. The molecule has 0 saturated carbocycles. The Morgan fingerprint density at radius 1 is 1.00 bits per heavy atom. The molecule has 2 amide bonds. The fourth-order valence-corrected chi connectivity index (χ4v) is 3.35. The van der Waals surface area contributed by atoms with Crippen LogP contribution in [0.2, 0.25) is 0 Å². The summed E-state index contributed by atoms with van der Waals surface area (Å²) in [6.45, 7) is 11.6. The maximum Gasteiger partial charge on any atom is 0.425 e. The number of ether oxygens (including phenoxy) is 2. The lowest BCUT2D eigenvalue weighted by Crippen LogP contribution is -2.44. The van der Waals surface area contributed by atoms with E-state index in [0.717, 1.165) is 10.1 Å². The van der Waals surface area contributed by atoms with E-state index >= 15 is 0 Å². The third-order valence-corrected chi connectivity index (χ3v) is 4.68. The number of halogens is 1. The van der Waals surface area contributed by atoms with Crippen LogP contribution >= 0.6 is 15.9 Å². The van der Waals surface area contributed by atoms with E-state index in [0.29, 0.717) is 15.9 Å². The van der Waals surface area contributed by atoms with Crippen LogP contribution in [-0.4, -0.2) is 54.1 Å². The first kappa shape index (κ1) is 26.1. The number of hydrogen-bond acceptors (Lipinski definition) is 8. The summed E-state index contributed by atoms with van der Waals surface area (Å²) in [6, 6.07) is 5.11. The second-order valence-corrected chi connectivity index (χ2v) is 10.5. The van der Waals surface area contributed by atoms with Crippen LogP contribution in [-0.2, 0) is 9.47 Å². The SMILES string of the molecule is Cc1ccc2nc(-c3nc(Br)cnc3N(C(=O)OC(C)(C)C)C(=O)OC(C)(C)C)n(C(=O)O)c2c1. The summed E-state index contributed by atoms with van der Waals surface area (Å²) >= 11 is 3.22. The van der Waals surface area contributed by atoms with Gasteiger partial charge in [-0.15, -0.1) is 0 Å². The Morgan fingerprint density at radius 3 is 2.09 bits per heavy atom. The molecule has 0 atom stereocenters. The fourth-order valence-electron chi connectivity index (χ4n) is 3.08. The van der Waals surface area contributed by atoms with Crippen molar-refractivity contribution < 1.29 is 29.0 Å². The van der Waals surface area contributed by atoms with E-state index in [1.54, 1.807) is 59.7 Å². The number of rotatable bonds is 2. The van der Waals surface area contributed by atoms with Gasteiger partial charge in [-0.05, 0) is 82.1 Å². The van der Waals surface area contributed by atoms with Gasteiger partial charge in [0.25, 0.3) is 0 Å². The molecular weight excluding hydrogens is 522 g/mol. The molecule has 2 heterocycles. The highest BCUT2D eigenvalue weighted by atomic mass is 79.9. The number of amides is 2. The van der Waals surface area contributed by atoms with Gasteiger partial charge < -0.3 is 14.6 Å². The smallest absolute Gasteiger partial charge is 0.425 e. The first-order valence-corrected chi connectivity index (χ1v) is 11.4. The Morgan fingerprint density at radius 2 is 1.57 bits per heavy atom. The van der Waals surface area contributed by atoms with E-state index in [1.165, 1.54) is 6.20 Å². The Bertz CT molecular complexity index is 1290. The van der Waals surface area contributed by atoms with Gasteiger partial charge in [0, 0.05) is 0 Å². The molecule has 12 heteroatoms. The van der Waals surface area contributed by atoms with E-state index in [2.05, 4.69) is 30.9 Å². The second-order valence-electron chi connectivity index (χ2n) is 9.71. The number of carboxylic acid groups (broad SMARTS) is 1. The molecule has 1 N–H and O–H groups in total. The minimum Gasteiger partial charge on any atom is -0.464 e. The molecular formula is C23H26BrN5O6. The van der Waals surface area contributed by atoms with Gasteiger partial charge in [0.2, 0.25) is 0 Å². The van der Waals surface area contributed by atoms with Gasteiger partial charge in [-0.3, -0.25) is 0 Å². The Kier molecular flexibility index (Phi) is 6.89. The van der Waals surface area contributed by atoms with Crippen LogP contribution in [0.15, 0.2) is 29.0 Å². The molecule has 2 aromatic heterocycles. The summed E-state index contributed by atoms with van der Waals surface area (Å²) in [5.74, 6) is -0.440. The van der Waals surface area contributed by atoms with Crippen molar-refractivity contribution in [1.82, 2.24) is 19.5 Å². The highest BCUT2D eigenvalue weighted by Gasteiger charge is 2.37. The van der Waals surface area contributed by atoms with Gasteiger partial charge in [-0.25, -0.2) is 33.9 Å².